The number of nitrogens with zero attached hydrogens (tertiary/aromatic N) is 4. The number of hydrogen-bond donors (Lipinski definition) is 0. The van der Waals surface area contributed by atoms with E-state index in [1.807, 2.05) is 36.4 Å². The second-order valence-corrected chi connectivity index (χ2v) is 9.38. The van der Waals surface area contributed by atoms with Gasteiger partial charge < -0.3 is 9.80 Å². The number of hydrogen-bond acceptors (Lipinski definition) is 5. The van der Waals surface area contributed by atoms with Gasteiger partial charge in [-0.2, -0.15) is 0 Å². The Balaban J connectivity index is 1.37. The molecule has 0 N–H and O–H groups in total. The van der Waals surface area contributed by atoms with Gasteiger partial charge in [0.2, 0.25) is 11.8 Å². The minimum Gasteiger partial charge on any atom is -0.306 e. The fourth-order valence-electron chi connectivity index (χ4n) is 5.68. The summed E-state index contributed by atoms with van der Waals surface area (Å²) in [5, 5.41) is 0. The van der Waals surface area contributed by atoms with Crippen molar-refractivity contribution in [1.82, 2.24) is 9.88 Å². The zero-order chi connectivity index (χ0) is 24.8. The van der Waals surface area contributed by atoms with Crippen molar-refractivity contribution in [3.63, 3.8) is 0 Å². The van der Waals surface area contributed by atoms with Crippen LogP contribution in [0.5, 0.6) is 0 Å². The molecule has 0 saturated heterocycles. The first kappa shape index (κ1) is 22.2. The van der Waals surface area contributed by atoms with Crippen molar-refractivity contribution >= 4 is 35.0 Å². The molecule has 6 rings (SSSR count). The summed E-state index contributed by atoms with van der Waals surface area (Å²) in [5.74, 6) is -1.69. The Labute approximate surface area is 208 Å². The molecule has 2 aromatic carbocycles. The normalized spacial score (nSPS) is 20.8. The van der Waals surface area contributed by atoms with Crippen molar-refractivity contribution in [2.75, 3.05) is 16.3 Å². The second kappa shape index (κ2) is 8.71. The molecule has 3 aromatic rings. The molecule has 3 aliphatic rings. The number of aromatic nitrogens is 1. The first-order chi connectivity index (χ1) is 17.5. The van der Waals surface area contributed by atoms with Gasteiger partial charge in [0.05, 0.1) is 35.0 Å². The predicted octanol–water partition coefficient (Wildman–Crippen LogP) is 3.43. The zero-order valence-electron chi connectivity index (χ0n) is 19.5. The highest BCUT2D eigenvalue weighted by Gasteiger charge is 2.46. The molecule has 8 heteroatoms. The molecule has 1 fully saturated rings. The number of anilines is 2. The minimum atomic E-state index is -0.468. The highest BCUT2D eigenvalue weighted by atomic mass is 16.2. The smallest absolute Gasteiger partial charge is 0.262 e. The van der Waals surface area contributed by atoms with E-state index in [-0.39, 0.29) is 30.3 Å². The van der Waals surface area contributed by atoms with Crippen LogP contribution in [-0.4, -0.2) is 46.1 Å². The summed E-state index contributed by atoms with van der Waals surface area (Å²) >= 11 is 0. The molecule has 0 spiro atoms. The molecule has 8 nitrogen and oxygen atoms in total. The van der Waals surface area contributed by atoms with Crippen LogP contribution in [0, 0.1) is 5.92 Å². The molecule has 2 atom stereocenters. The lowest BCUT2D eigenvalue weighted by Gasteiger charge is -2.31. The number of carbonyl (C=O) groups is 4. The summed E-state index contributed by atoms with van der Waals surface area (Å²) in [6.07, 6.45) is 5.60. The Kier molecular flexibility index (Phi) is 5.36. The van der Waals surface area contributed by atoms with E-state index in [2.05, 4.69) is 4.98 Å². The maximum atomic E-state index is 13.9. The third kappa shape index (κ3) is 3.48. The first-order valence-electron chi connectivity index (χ1n) is 12.1. The molecule has 1 unspecified atom stereocenters. The van der Waals surface area contributed by atoms with Crippen LogP contribution in [0.4, 0.5) is 11.4 Å². The van der Waals surface area contributed by atoms with Gasteiger partial charge in [-0.25, -0.2) is 0 Å². The van der Waals surface area contributed by atoms with E-state index in [1.165, 1.54) is 0 Å². The van der Waals surface area contributed by atoms with Crippen LogP contribution in [0.15, 0.2) is 73.1 Å². The molecule has 1 aromatic heterocycles. The fraction of sp³-hybridized carbons (Fsp3) is 0.250. The monoisotopic (exact) mass is 480 g/mol. The average Bonchev–Trinajstić information content (AvgIpc) is 3.45. The van der Waals surface area contributed by atoms with Gasteiger partial charge in [-0.05, 0) is 48.7 Å². The molecular weight excluding hydrogens is 456 g/mol. The summed E-state index contributed by atoms with van der Waals surface area (Å²) < 4.78 is 0. The van der Waals surface area contributed by atoms with Crippen LogP contribution < -0.4 is 9.80 Å². The highest BCUT2D eigenvalue weighted by Crippen LogP contribution is 2.43. The van der Waals surface area contributed by atoms with E-state index in [4.69, 9.17) is 0 Å². The van der Waals surface area contributed by atoms with E-state index in [9.17, 15) is 19.2 Å². The third-order valence-corrected chi connectivity index (χ3v) is 7.33. The molecule has 1 aliphatic carbocycles. The molecule has 4 amide bonds. The zero-order valence-corrected chi connectivity index (χ0v) is 19.5. The number of carbonyl (C=O) groups excluding carboxylic acids is 4. The van der Waals surface area contributed by atoms with Gasteiger partial charge >= 0.3 is 0 Å². The second-order valence-electron chi connectivity index (χ2n) is 9.38. The predicted molar refractivity (Wildman–Crippen MR) is 132 cm³/mol. The van der Waals surface area contributed by atoms with Crippen molar-refractivity contribution in [2.45, 2.75) is 31.8 Å². The molecule has 36 heavy (non-hydrogen) atoms. The van der Waals surface area contributed by atoms with Crippen LogP contribution >= 0.6 is 0 Å². The number of amides is 4. The van der Waals surface area contributed by atoms with Crippen LogP contribution in [0.2, 0.25) is 0 Å². The summed E-state index contributed by atoms with van der Waals surface area (Å²) in [4.78, 5) is 62.2. The fourth-order valence-corrected chi connectivity index (χ4v) is 5.68. The van der Waals surface area contributed by atoms with Crippen molar-refractivity contribution in [3.8, 4) is 0 Å². The van der Waals surface area contributed by atoms with Gasteiger partial charge in [0.1, 0.15) is 6.54 Å². The van der Waals surface area contributed by atoms with E-state index in [0.717, 1.165) is 16.9 Å². The quantitative estimate of drug-likeness (QED) is 0.534. The number of para-hydroxylation sites is 2. The van der Waals surface area contributed by atoms with Crippen LogP contribution in [-0.2, 0) is 16.1 Å². The van der Waals surface area contributed by atoms with Gasteiger partial charge in [0, 0.05) is 18.4 Å². The van der Waals surface area contributed by atoms with Gasteiger partial charge in [0.15, 0.2) is 0 Å². The lowest BCUT2D eigenvalue weighted by atomic mass is 10.0. The molecule has 0 bridgehead atoms. The number of imide groups is 1. The van der Waals surface area contributed by atoms with Crippen molar-refractivity contribution < 1.29 is 19.2 Å². The van der Waals surface area contributed by atoms with E-state index in [1.54, 1.807) is 46.5 Å². The lowest BCUT2D eigenvalue weighted by molar-refractivity contribution is -0.123. The number of fused-ring (bicyclic) bond motifs is 3. The molecule has 0 radical (unpaired) electrons. The molecule has 1 saturated carbocycles. The maximum absolute atomic E-state index is 13.9. The maximum Gasteiger partial charge on any atom is 0.262 e. The molecule has 3 heterocycles. The number of benzene rings is 2. The summed E-state index contributed by atoms with van der Waals surface area (Å²) in [7, 11) is 0. The standard InChI is InChI=1S/C28H24N4O4/c33-25(17-31-26(34)19-8-1-2-9-20(19)27(31)35)32-22-13-5-10-21(22)28(36)30(16-18-7-6-14-29-15-18)23-11-3-4-12-24(23)32/h1-4,6-9,11-12,14-15,21-22H,5,10,13,16-17H2/t21?,22-/m1/s1. The Hall–Kier alpha value is -4.33. The summed E-state index contributed by atoms with van der Waals surface area (Å²) in [6.45, 7) is -0.0337. The molecule has 180 valence electrons. The van der Waals surface area contributed by atoms with Gasteiger partial charge in [-0.3, -0.25) is 29.1 Å². The molecule has 2 aliphatic heterocycles. The van der Waals surface area contributed by atoms with E-state index < -0.39 is 11.8 Å². The topological polar surface area (TPSA) is 90.9 Å². The number of pyridine rings is 1. The summed E-state index contributed by atoms with van der Waals surface area (Å²) in [6, 6.07) is 17.4. The third-order valence-electron chi connectivity index (χ3n) is 7.33. The van der Waals surface area contributed by atoms with Crippen LogP contribution in [0.3, 0.4) is 0 Å². The summed E-state index contributed by atoms with van der Waals surface area (Å²) in [5.41, 5.74) is 2.76. The molecular formula is C28H24N4O4. The van der Waals surface area contributed by atoms with Crippen LogP contribution in [0.25, 0.3) is 0 Å². The minimum absolute atomic E-state index is 0.0233. The first-order valence-corrected chi connectivity index (χ1v) is 12.1. The number of rotatable bonds is 4. The Bertz CT molecular complexity index is 1350. The van der Waals surface area contributed by atoms with Crippen LogP contribution in [0.1, 0.15) is 45.5 Å². The van der Waals surface area contributed by atoms with Crippen molar-refractivity contribution in [2.24, 2.45) is 5.92 Å². The van der Waals surface area contributed by atoms with Gasteiger partial charge in [0.25, 0.3) is 11.8 Å². The lowest BCUT2D eigenvalue weighted by Crippen LogP contribution is -2.49. The highest BCUT2D eigenvalue weighted by molar-refractivity contribution is 6.23. The van der Waals surface area contributed by atoms with Crippen molar-refractivity contribution in [1.29, 1.82) is 0 Å². The average molecular weight is 481 g/mol. The largest absolute Gasteiger partial charge is 0.306 e. The van der Waals surface area contributed by atoms with E-state index in [0.29, 0.717) is 41.9 Å². The van der Waals surface area contributed by atoms with E-state index >= 15 is 0 Å². The Morgan fingerprint density at radius 2 is 1.53 bits per heavy atom. The Morgan fingerprint density at radius 1 is 0.833 bits per heavy atom. The van der Waals surface area contributed by atoms with Gasteiger partial charge in [-0.1, -0.05) is 36.8 Å². The Morgan fingerprint density at radius 3 is 2.22 bits per heavy atom. The van der Waals surface area contributed by atoms with Gasteiger partial charge in [-0.15, -0.1) is 0 Å². The SMILES string of the molecule is O=C1c2ccccc2C(=O)N1CC(=O)N1c2ccccc2N(Cc2cccnc2)C(=O)C2CCC[C@H]21. The van der Waals surface area contributed by atoms with Crippen molar-refractivity contribution in [3.05, 3.63) is 89.7 Å².